The Kier molecular flexibility index (Phi) is 7.28. The number of carbonyl (C=O) groups is 4. The van der Waals surface area contributed by atoms with Crippen LogP contribution in [0.15, 0.2) is 42.5 Å². The average Bonchev–Trinajstić information content (AvgIpc) is 2.87. The van der Waals surface area contributed by atoms with Gasteiger partial charge in [-0.05, 0) is 56.2 Å². The van der Waals surface area contributed by atoms with Crippen LogP contribution in [0.25, 0.3) is 11.1 Å². The fourth-order valence-corrected chi connectivity index (χ4v) is 4.74. The molecule has 1 atom stereocenters. The first-order valence-corrected chi connectivity index (χ1v) is 12.2. The molecule has 190 valence electrons. The van der Waals surface area contributed by atoms with Gasteiger partial charge in [0, 0.05) is 45.2 Å². The van der Waals surface area contributed by atoms with Crippen LogP contribution in [0.5, 0.6) is 0 Å². The summed E-state index contributed by atoms with van der Waals surface area (Å²) in [7, 11) is 0. The number of hydrogen-bond acceptors (Lipinski definition) is 5. The van der Waals surface area contributed by atoms with E-state index in [0.29, 0.717) is 49.7 Å². The van der Waals surface area contributed by atoms with Gasteiger partial charge in [-0.3, -0.25) is 19.3 Å². The smallest absolute Gasteiger partial charge is 0.414 e. The van der Waals surface area contributed by atoms with Gasteiger partial charge in [-0.25, -0.2) is 4.79 Å². The highest BCUT2D eigenvalue weighted by Crippen LogP contribution is 2.39. The van der Waals surface area contributed by atoms with Crippen LogP contribution < -0.4 is 9.80 Å². The minimum absolute atomic E-state index is 0.0637. The molecular formula is C27H32N4O5. The maximum Gasteiger partial charge on any atom is 0.414 e. The first-order chi connectivity index (χ1) is 17.2. The molecule has 9 nitrogen and oxygen atoms in total. The van der Waals surface area contributed by atoms with Crippen molar-refractivity contribution in [3.8, 4) is 11.1 Å². The van der Waals surface area contributed by atoms with Crippen LogP contribution in [-0.4, -0.2) is 79.0 Å². The summed E-state index contributed by atoms with van der Waals surface area (Å²) in [6.07, 6.45) is 0.0978. The molecule has 1 unspecified atom stereocenters. The molecule has 2 aromatic rings. The number of amides is 4. The van der Waals surface area contributed by atoms with Crippen molar-refractivity contribution in [3.05, 3.63) is 48.0 Å². The summed E-state index contributed by atoms with van der Waals surface area (Å²) >= 11 is 0. The summed E-state index contributed by atoms with van der Waals surface area (Å²) < 4.78 is 5.47. The van der Waals surface area contributed by atoms with E-state index >= 15 is 0 Å². The first kappa shape index (κ1) is 25.2. The lowest BCUT2D eigenvalue weighted by Gasteiger charge is -2.40. The Hall–Kier alpha value is -3.88. The SMILES string of the molecule is CC(=O)N1c2ccc(-c3ccc(C(=O)N4CCN(C=O)CC4)cc3)cc2N(C(=O)OC(C)C)CC1C. The fourth-order valence-electron chi connectivity index (χ4n) is 4.74. The van der Waals surface area contributed by atoms with Crippen LogP contribution >= 0.6 is 0 Å². The largest absolute Gasteiger partial charge is 0.446 e. The zero-order valence-corrected chi connectivity index (χ0v) is 21.1. The maximum absolute atomic E-state index is 12.9. The van der Waals surface area contributed by atoms with Gasteiger partial charge in [0.2, 0.25) is 12.3 Å². The van der Waals surface area contributed by atoms with E-state index in [1.165, 1.54) is 6.92 Å². The number of benzene rings is 2. The lowest BCUT2D eigenvalue weighted by molar-refractivity contribution is -0.119. The quantitative estimate of drug-likeness (QED) is 0.611. The molecule has 9 heteroatoms. The Morgan fingerprint density at radius 3 is 2.17 bits per heavy atom. The monoisotopic (exact) mass is 492 g/mol. The first-order valence-electron chi connectivity index (χ1n) is 12.2. The predicted octanol–water partition coefficient (Wildman–Crippen LogP) is 3.37. The highest BCUT2D eigenvalue weighted by atomic mass is 16.6. The highest BCUT2D eigenvalue weighted by molar-refractivity contribution is 6.03. The lowest BCUT2D eigenvalue weighted by atomic mass is 9.99. The van der Waals surface area contributed by atoms with Crippen molar-refractivity contribution < 1.29 is 23.9 Å². The molecule has 0 aromatic heterocycles. The molecule has 2 heterocycles. The third kappa shape index (κ3) is 5.05. The van der Waals surface area contributed by atoms with E-state index in [9.17, 15) is 19.2 Å². The van der Waals surface area contributed by atoms with Gasteiger partial charge < -0.3 is 19.4 Å². The number of carbonyl (C=O) groups excluding carboxylic acids is 4. The second-order valence-electron chi connectivity index (χ2n) is 9.50. The van der Waals surface area contributed by atoms with Gasteiger partial charge in [-0.2, -0.15) is 0 Å². The van der Waals surface area contributed by atoms with Crippen molar-refractivity contribution in [1.82, 2.24) is 9.80 Å². The van der Waals surface area contributed by atoms with E-state index in [4.69, 9.17) is 4.74 Å². The molecule has 4 amide bonds. The summed E-state index contributed by atoms with van der Waals surface area (Å²) in [5, 5.41) is 0. The third-order valence-electron chi connectivity index (χ3n) is 6.53. The second kappa shape index (κ2) is 10.4. The number of ether oxygens (including phenoxy) is 1. The third-order valence-corrected chi connectivity index (χ3v) is 6.53. The number of hydrogen-bond donors (Lipinski definition) is 0. The summed E-state index contributed by atoms with van der Waals surface area (Å²) in [5.41, 5.74) is 3.58. The van der Waals surface area contributed by atoms with Crippen LogP contribution in [0.4, 0.5) is 16.2 Å². The van der Waals surface area contributed by atoms with Crippen LogP contribution in [0.1, 0.15) is 38.1 Å². The molecule has 4 rings (SSSR count). The summed E-state index contributed by atoms with van der Waals surface area (Å²) in [6.45, 7) is 9.45. The van der Waals surface area contributed by atoms with E-state index in [-0.39, 0.29) is 24.0 Å². The van der Waals surface area contributed by atoms with Crippen LogP contribution in [0.3, 0.4) is 0 Å². The minimum Gasteiger partial charge on any atom is -0.446 e. The number of piperazine rings is 1. The van der Waals surface area contributed by atoms with Crippen LogP contribution in [-0.2, 0) is 14.3 Å². The van der Waals surface area contributed by atoms with Gasteiger partial charge >= 0.3 is 6.09 Å². The van der Waals surface area contributed by atoms with Gasteiger partial charge in [0.15, 0.2) is 0 Å². The number of fused-ring (bicyclic) bond motifs is 1. The molecule has 0 spiro atoms. The normalized spacial score (nSPS) is 17.6. The van der Waals surface area contributed by atoms with Crippen molar-refractivity contribution in [2.75, 3.05) is 42.5 Å². The Morgan fingerprint density at radius 1 is 0.944 bits per heavy atom. The molecule has 2 aromatic carbocycles. The zero-order chi connectivity index (χ0) is 26.0. The Labute approximate surface area is 211 Å². The van der Waals surface area contributed by atoms with Crippen molar-refractivity contribution in [3.63, 3.8) is 0 Å². The van der Waals surface area contributed by atoms with Crippen molar-refractivity contribution in [2.24, 2.45) is 0 Å². The van der Waals surface area contributed by atoms with E-state index in [2.05, 4.69) is 0 Å². The molecule has 0 bridgehead atoms. The van der Waals surface area contributed by atoms with Gasteiger partial charge in [0.1, 0.15) is 0 Å². The Morgan fingerprint density at radius 2 is 1.58 bits per heavy atom. The molecule has 0 saturated carbocycles. The number of anilines is 2. The van der Waals surface area contributed by atoms with E-state index in [1.807, 2.05) is 37.3 Å². The molecule has 2 aliphatic rings. The summed E-state index contributed by atoms with van der Waals surface area (Å²) in [5.74, 6) is -0.156. The lowest BCUT2D eigenvalue weighted by Crippen LogP contribution is -2.51. The van der Waals surface area contributed by atoms with E-state index in [0.717, 1.165) is 17.5 Å². The zero-order valence-electron chi connectivity index (χ0n) is 21.1. The standard InChI is InChI=1S/C27H32N4O5/c1-18(2)36-27(35)30-16-19(3)31(20(4)33)24-10-9-23(15-25(24)30)21-5-7-22(8-6-21)26(34)29-13-11-28(17-32)12-14-29/h5-10,15,17-19H,11-14,16H2,1-4H3. The van der Waals surface area contributed by atoms with Crippen LogP contribution in [0.2, 0.25) is 0 Å². The summed E-state index contributed by atoms with van der Waals surface area (Å²) in [4.78, 5) is 55.8. The van der Waals surface area contributed by atoms with E-state index in [1.54, 1.807) is 45.6 Å². The topological polar surface area (TPSA) is 90.5 Å². The van der Waals surface area contributed by atoms with Crippen LogP contribution in [0, 0.1) is 0 Å². The molecule has 0 N–H and O–H groups in total. The number of rotatable bonds is 4. The highest BCUT2D eigenvalue weighted by Gasteiger charge is 2.35. The van der Waals surface area contributed by atoms with Crippen molar-refractivity contribution in [2.45, 2.75) is 39.8 Å². The molecule has 0 radical (unpaired) electrons. The van der Waals surface area contributed by atoms with Gasteiger partial charge in [-0.1, -0.05) is 18.2 Å². The Bertz CT molecular complexity index is 1160. The molecular weight excluding hydrogens is 460 g/mol. The van der Waals surface area contributed by atoms with Gasteiger partial charge in [0.25, 0.3) is 5.91 Å². The predicted molar refractivity (Wildman–Crippen MR) is 137 cm³/mol. The average molecular weight is 493 g/mol. The molecule has 1 fully saturated rings. The minimum atomic E-state index is -0.450. The van der Waals surface area contributed by atoms with Gasteiger partial charge in [-0.15, -0.1) is 0 Å². The number of nitrogens with zero attached hydrogens (tertiary/aromatic N) is 4. The van der Waals surface area contributed by atoms with E-state index < -0.39 is 6.09 Å². The fraction of sp³-hybridized carbons (Fsp3) is 0.407. The summed E-state index contributed by atoms with van der Waals surface area (Å²) in [6, 6.07) is 12.8. The van der Waals surface area contributed by atoms with Crippen molar-refractivity contribution in [1.29, 1.82) is 0 Å². The molecule has 1 saturated heterocycles. The maximum atomic E-state index is 12.9. The molecule has 0 aliphatic carbocycles. The van der Waals surface area contributed by atoms with Gasteiger partial charge in [0.05, 0.1) is 23.5 Å². The molecule has 2 aliphatic heterocycles. The molecule has 36 heavy (non-hydrogen) atoms. The van der Waals surface area contributed by atoms with Crippen molar-refractivity contribution >= 4 is 35.7 Å². The second-order valence-corrected chi connectivity index (χ2v) is 9.50. The Balaban J connectivity index is 1.61.